The molecule has 0 unspecified atom stereocenters. The van der Waals surface area contributed by atoms with E-state index in [-0.39, 0.29) is 6.04 Å². The fourth-order valence-electron chi connectivity index (χ4n) is 0.997. The van der Waals surface area contributed by atoms with Gasteiger partial charge >= 0.3 is 0 Å². The zero-order valence-corrected chi connectivity index (χ0v) is 7.07. The first-order valence-electron chi connectivity index (χ1n) is 3.90. The number of benzene rings is 1. The van der Waals surface area contributed by atoms with Crippen molar-refractivity contribution in [2.45, 2.75) is 19.1 Å². The number of aliphatic hydroxyl groups excluding tert-OH is 1. The fourth-order valence-corrected chi connectivity index (χ4v) is 0.997. The van der Waals surface area contributed by atoms with Crippen LogP contribution >= 0.6 is 0 Å². The van der Waals surface area contributed by atoms with Crippen molar-refractivity contribution in [3.8, 4) is 0 Å². The molecule has 12 heavy (non-hydrogen) atoms. The molecule has 1 aromatic carbocycles. The molecular weight excluding hydrogens is 152 g/mol. The van der Waals surface area contributed by atoms with Crippen LogP contribution in [0.4, 0.5) is 5.69 Å². The second-order valence-electron chi connectivity index (χ2n) is 2.93. The Bertz CT molecular complexity index is 243. The molecule has 0 aliphatic rings. The van der Waals surface area contributed by atoms with Crippen LogP contribution in [0.25, 0.3) is 0 Å². The zero-order chi connectivity index (χ0) is 9.14. The van der Waals surface area contributed by atoms with E-state index in [0.717, 1.165) is 5.56 Å². The quantitative estimate of drug-likeness (QED) is 0.565. The van der Waals surface area contributed by atoms with Gasteiger partial charge in [0.2, 0.25) is 0 Å². The van der Waals surface area contributed by atoms with Crippen LogP contribution < -0.4 is 11.5 Å². The van der Waals surface area contributed by atoms with Gasteiger partial charge in [0.05, 0.1) is 12.1 Å². The zero-order valence-electron chi connectivity index (χ0n) is 7.07. The van der Waals surface area contributed by atoms with Crippen LogP contribution in [0.2, 0.25) is 0 Å². The lowest BCUT2D eigenvalue weighted by atomic mass is 10.0. The Kier molecular flexibility index (Phi) is 2.68. The second kappa shape index (κ2) is 3.56. The van der Waals surface area contributed by atoms with E-state index < -0.39 is 6.10 Å². The van der Waals surface area contributed by atoms with Gasteiger partial charge in [0, 0.05) is 5.69 Å². The molecule has 0 saturated heterocycles. The first-order valence-corrected chi connectivity index (χ1v) is 3.90. The van der Waals surface area contributed by atoms with Gasteiger partial charge in [-0.2, -0.15) is 0 Å². The number of nitrogens with two attached hydrogens (primary N) is 2. The lowest BCUT2D eigenvalue weighted by Crippen LogP contribution is -2.22. The average molecular weight is 166 g/mol. The van der Waals surface area contributed by atoms with E-state index in [4.69, 9.17) is 11.5 Å². The van der Waals surface area contributed by atoms with Crippen LogP contribution in [0.15, 0.2) is 24.3 Å². The third kappa shape index (κ3) is 1.96. The van der Waals surface area contributed by atoms with Gasteiger partial charge in [-0.25, -0.2) is 0 Å². The Hall–Kier alpha value is -1.06. The van der Waals surface area contributed by atoms with Crippen LogP contribution in [0.3, 0.4) is 0 Å². The standard InChI is InChI=1S/C9H14N2O/c1-6(12)9(11)7-2-4-8(10)5-3-7/h2-6,9,12H,10-11H2,1H3/t6-,9-/m1/s1. The van der Waals surface area contributed by atoms with Crippen molar-refractivity contribution in [2.75, 3.05) is 5.73 Å². The van der Waals surface area contributed by atoms with Gasteiger partial charge in [0.15, 0.2) is 0 Å². The van der Waals surface area contributed by atoms with Crippen molar-refractivity contribution >= 4 is 5.69 Å². The second-order valence-corrected chi connectivity index (χ2v) is 2.93. The van der Waals surface area contributed by atoms with E-state index in [1.54, 1.807) is 19.1 Å². The Labute approximate surface area is 72.0 Å². The van der Waals surface area contributed by atoms with Gasteiger partial charge in [-0.15, -0.1) is 0 Å². The van der Waals surface area contributed by atoms with Crippen molar-refractivity contribution in [1.82, 2.24) is 0 Å². The van der Waals surface area contributed by atoms with Crippen LogP contribution in [-0.4, -0.2) is 11.2 Å². The SMILES string of the molecule is C[C@@H](O)[C@@H](N)c1ccc(N)cc1. The van der Waals surface area contributed by atoms with Crippen molar-refractivity contribution in [3.63, 3.8) is 0 Å². The summed E-state index contributed by atoms with van der Waals surface area (Å²) in [6.45, 7) is 1.67. The van der Waals surface area contributed by atoms with Gasteiger partial charge in [-0.1, -0.05) is 12.1 Å². The normalized spacial score (nSPS) is 15.6. The third-order valence-corrected chi connectivity index (χ3v) is 1.84. The summed E-state index contributed by atoms with van der Waals surface area (Å²) >= 11 is 0. The largest absolute Gasteiger partial charge is 0.399 e. The number of hydrogen-bond donors (Lipinski definition) is 3. The minimum absolute atomic E-state index is 0.328. The molecule has 66 valence electrons. The maximum absolute atomic E-state index is 9.19. The Morgan fingerprint density at radius 3 is 2.17 bits per heavy atom. The van der Waals surface area contributed by atoms with E-state index in [2.05, 4.69) is 0 Å². The van der Waals surface area contributed by atoms with Gasteiger partial charge in [-0.3, -0.25) is 0 Å². The van der Waals surface area contributed by atoms with E-state index in [9.17, 15) is 5.11 Å². The summed E-state index contributed by atoms with van der Waals surface area (Å²) in [5.41, 5.74) is 12.8. The van der Waals surface area contributed by atoms with Crippen LogP contribution in [0.1, 0.15) is 18.5 Å². The summed E-state index contributed by atoms with van der Waals surface area (Å²) < 4.78 is 0. The monoisotopic (exact) mass is 166 g/mol. The van der Waals surface area contributed by atoms with Gasteiger partial charge in [0.1, 0.15) is 0 Å². The molecular formula is C9H14N2O. The van der Waals surface area contributed by atoms with Crippen molar-refractivity contribution < 1.29 is 5.11 Å². The summed E-state index contributed by atoms with van der Waals surface area (Å²) in [7, 11) is 0. The first kappa shape index (κ1) is 9.03. The highest BCUT2D eigenvalue weighted by molar-refractivity contribution is 5.40. The number of hydrogen-bond acceptors (Lipinski definition) is 3. The first-order chi connectivity index (χ1) is 5.61. The lowest BCUT2D eigenvalue weighted by Gasteiger charge is -2.14. The highest BCUT2D eigenvalue weighted by atomic mass is 16.3. The molecule has 2 atom stereocenters. The maximum Gasteiger partial charge on any atom is 0.0704 e. The number of anilines is 1. The summed E-state index contributed by atoms with van der Waals surface area (Å²) in [6.07, 6.45) is -0.534. The predicted molar refractivity (Wildman–Crippen MR) is 49.5 cm³/mol. The molecule has 5 N–H and O–H groups in total. The van der Waals surface area contributed by atoms with Gasteiger partial charge in [0.25, 0.3) is 0 Å². The van der Waals surface area contributed by atoms with E-state index in [1.807, 2.05) is 12.1 Å². The van der Waals surface area contributed by atoms with Crippen molar-refractivity contribution in [2.24, 2.45) is 5.73 Å². The molecule has 0 spiro atoms. The highest BCUT2D eigenvalue weighted by Crippen LogP contribution is 2.15. The summed E-state index contributed by atoms with van der Waals surface area (Å²) in [5.74, 6) is 0. The molecule has 0 fully saturated rings. The maximum atomic E-state index is 9.19. The summed E-state index contributed by atoms with van der Waals surface area (Å²) in [6, 6.07) is 6.87. The third-order valence-electron chi connectivity index (χ3n) is 1.84. The topological polar surface area (TPSA) is 72.3 Å². The lowest BCUT2D eigenvalue weighted by molar-refractivity contribution is 0.164. The smallest absolute Gasteiger partial charge is 0.0704 e. The number of aliphatic hydroxyl groups is 1. The van der Waals surface area contributed by atoms with Gasteiger partial charge in [-0.05, 0) is 24.6 Å². The molecule has 0 radical (unpaired) electrons. The minimum Gasteiger partial charge on any atom is -0.399 e. The molecule has 0 heterocycles. The number of rotatable bonds is 2. The molecule has 0 bridgehead atoms. The summed E-state index contributed by atoms with van der Waals surface area (Å²) in [4.78, 5) is 0. The van der Waals surface area contributed by atoms with Gasteiger partial charge < -0.3 is 16.6 Å². The average Bonchev–Trinajstić information content (AvgIpc) is 2.04. The van der Waals surface area contributed by atoms with Crippen LogP contribution in [0, 0.1) is 0 Å². The van der Waals surface area contributed by atoms with Crippen molar-refractivity contribution in [3.05, 3.63) is 29.8 Å². The molecule has 1 rings (SSSR count). The van der Waals surface area contributed by atoms with E-state index >= 15 is 0 Å². The van der Waals surface area contributed by atoms with Crippen molar-refractivity contribution in [1.29, 1.82) is 0 Å². The van der Waals surface area contributed by atoms with E-state index in [0.29, 0.717) is 5.69 Å². The predicted octanol–water partition coefficient (Wildman–Crippen LogP) is 0.649. The summed E-state index contributed by atoms with van der Waals surface area (Å²) in [5, 5.41) is 9.19. The molecule has 3 nitrogen and oxygen atoms in total. The number of nitrogen functional groups attached to an aromatic ring is 1. The molecule has 0 aromatic heterocycles. The Balaban J connectivity index is 2.82. The molecule has 0 amide bonds. The minimum atomic E-state index is -0.534. The molecule has 0 aliphatic heterocycles. The Morgan fingerprint density at radius 2 is 1.75 bits per heavy atom. The van der Waals surface area contributed by atoms with Crippen LogP contribution in [0.5, 0.6) is 0 Å². The van der Waals surface area contributed by atoms with Crippen LogP contribution in [-0.2, 0) is 0 Å². The molecule has 3 heteroatoms. The van der Waals surface area contributed by atoms with E-state index in [1.165, 1.54) is 0 Å². The fraction of sp³-hybridized carbons (Fsp3) is 0.333. The Morgan fingerprint density at radius 1 is 1.25 bits per heavy atom. The highest BCUT2D eigenvalue weighted by Gasteiger charge is 2.10. The molecule has 0 saturated carbocycles. The molecule has 0 aliphatic carbocycles. The molecule has 1 aromatic rings.